The van der Waals surface area contributed by atoms with Gasteiger partial charge in [-0.25, -0.2) is 4.98 Å². The maximum atomic E-state index is 5.78. The van der Waals surface area contributed by atoms with E-state index in [9.17, 15) is 0 Å². The van der Waals surface area contributed by atoms with E-state index in [1.165, 1.54) is 12.0 Å². The minimum atomic E-state index is 0.0621. The van der Waals surface area contributed by atoms with Crippen molar-refractivity contribution in [3.05, 3.63) is 66.9 Å². The largest absolute Gasteiger partial charge is 0.425 e. The summed E-state index contributed by atoms with van der Waals surface area (Å²) in [4.78, 5) is 9.40. The smallest absolute Gasteiger partial charge is 0.137 e. The molecule has 0 spiro atoms. The molecule has 2 aromatic heterocycles. The van der Waals surface area contributed by atoms with Crippen molar-refractivity contribution in [2.45, 2.75) is 25.5 Å². The van der Waals surface area contributed by atoms with Crippen molar-refractivity contribution in [2.24, 2.45) is 0 Å². The van der Waals surface area contributed by atoms with E-state index < -0.39 is 0 Å². The van der Waals surface area contributed by atoms with Crippen molar-refractivity contribution in [2.75, 3.05) is 0 Å². The average molecular weight is 360 g/mol. The van der Waals surface area contributed by atoms with Gasteiger partial charge < -0.3 is 4.18 Å². The number of aromatic nitrogens is 2. The fourth-order valence-corrected chi connectivity index (χ4v) is 3.20. The van der Waals surface area contributed by atoms with Gasteiger partial charge in [-0.3, -0.25) is 4.98 Å². The molecule has 0 radical (unpaired) electrons. The number of nitrogens with zero attached hydrogens (tertiary/aromatic N) is 2. The first-order valence-corrected chi connectivity index (χ1v) is 9.34. The van der Waals surface area contributed by atoms with Gasteiger partial charge in [0.1, 0.15) is 5.75 Å². The fraction of sp³-hybridized carbons (Fsp3) is 0.182. The van der Waals surface area contributed by atoms with Crippen LogP contribution in [0.15, 0.2) is 66.9 Å². The van der Waals surface area contributed by atoms with Crippen molar-refractivity contribution in [3.8, 4) is 17.0 Å². The molecule has 0 fully saturated rings. The van der Waals surface area contributed by atoms with E-state index in [1.807, 2.05) is 36.5 Å². The maximum Gasteiger partial charge on any atom is 0.137 e. The zero-order chi connectivity index (χ0) is 18.1. The van der Waals surface area contributed by atoms with Gasteiger partial charge in [-0.05, 0) is 57.2 Å². The highest BCUT2D eigenvalue weighted by Crippen LogP contribution is 2.30. The van der Waals surface area contributed by atoms with Gasteiger partial charge in [0, 0.05) is 27.3 Å². The summed E-state index contributed by atoms with van der Waals surface area (Å²) in [6, 6.07) is 20.4. The lowest BCUT2D eigenvalue weighted by Gasteiger charge is -2.16. The molecule has 0 aliphatic carbocycles. The molecule has 4 heteroatoms. The second kappa shape index (κ2) is 6.61. The predicted molar refractivity (Wildman–Crippen MR) is 110 cm³/mol. The van der Waals surface area contributed by atoms with Crippen LogP contribution in [0.5, 0.6) is 5.75 Å². The molecule has 130 valence electrons. The van der Waals surface area contributed by atoms with Crippen LogP contribution in [0.3, 0.4) is 0 Å². The summed E-state index contributed by atoms with van der Waals surface area (Å²) in [7, 11) is 0. The number of fused-ring (bicyclic) bond motifs is 3. The predicted octanol–water partition coefficient (Wildman–Crippen LogP) is 6.28. The number of benzene rings is 2. The Balaban J connectivity index is 1.69. The number of hydrogen-bond acceptors (Lipinski definition) is 4. The highest BCUT2D eigenvalue weighted by Gasteiger charge is 2.13. The monoisotopic (exact) mass is 360 g/mol. The van der Waals surface area contributed by atoms with Crippen molar-refractivity contribution in [1.82, 2.24) is 9.97 Å². The second-order valence-electron chi connectivity index (χ2n) is 7.21. The van der Waals surface area contributed by atoms with Crippen LogP contribution in [0.25, 0.3) is 33.1 Å². The molecular weight excluding hydrogens is 340 g/mol. The molecule has 0 aliphatic heterocycles. The SMILES string of the molecule is CC(C)(C)SOc1ccc(-c2ccc3ccc4cccnc4c3n2)cc1. The van der Waals surface area contributed by atoms with Gasteiger partial charge in [0.25, 0.3) is 0 Å². The van der Waals surface area contributed by atoms with Gasteiger partial charge in [0.05, 0.1) is 28.8 Å². The van der Waals surface area contributed by atoms with Gasteiger partial charge in [0.15, 0.2) is 0 Å². The molecule has 0 aliphatic rings. The lowest BCUT2D eigenvalue weighted by Crippen LogP contribution is -2.09. The number of pyridine rings is 2. The number of rotatable bonds is 3. The second-order valence-corrected chi connectivity index (χ2v) is 8.77. The minimum absolute atomic E-state index is 0.0621. The van der Waals surface area contributed by atoms with E-state index in [4.69, 9.17) is 9.17 Å². The Kier molecular flexibility index (Phi) is 4.29. The summed E-state index contributed by atoms with van der Waals surface area (Å²) in [5, 5.41) is 2.20. The van der Waals surface area contributed by atoms with E-state index in [0.29, 0.717) is 0 Å². The topological polar surface area (TPSA) is 35.0 Å². The molecule has 26 heavy (non-hydrogen) atoms. The zero-order valence-electron chi connectivity index (χ0n) is 15.1. The summed E-state index contributed by atoms with van der Waals surface area (Å²) in [6.45, 7) is 6.39. The van der Waals surface area contributed by atoms with Crippen molar-refractivity contribution in [3.63, 3.8) is 0 Å². The van der Waals surface area contributed by atoms with Crippen LogP contribution in [-0.4, -0.2) is 14.7 Å². The third-order valence-corrected chi connectivity index (χ3v) is 4.75. The Morgan fingerprint density at radius 3 is 2.23 bits per heavy atom. The first kappa shape index (κ1) is 16.9. The third-order valence-electron chi connectivity index (χ3n) is 3.97. The molecule has 4 aromatic rings. The minimum Gasteiger partial charge on any atom is -0.425 e. The molecule has 0 unspecified atom stereocenters. The van der Waals surface area contributed by atoms with Crippen LogP contribution < -0.4 is 4.18 Å². The molecule has 0 saturated heterocycles. The van der Waals surface area contributed by atoms with Crippen LogP contribution >= 0.6 is 12.0 Å². The normalized spacial score (nSPS) is 11.8. The number of hydrogen-bond donors (Lipinski definition) is 0. The van der Waals surface area contributed by atoms with E-state index >= 15 is 0 Å². The molecule has 0 bridgehead atoms. The molecule has 3 nitrogen and oxygen atoms in total. The summed E-state index contributed by atoms with van der Waals surface area (Å²) in [6.07, 6.45) is 1.81. The highest BCUT2D eigenvalue weighted by atomic mass is 32.2. The standard InChI is InChI=1S/C22H20N2OS/c1-22(2,3)26-25-18-11-8-15(9-12-18)19-13-10-17-7-6-16-5-4-14-23-20(16)21(17)24-19/h4-14H,1-3H3. The quantitative estimate of drug-likeness (QED) is 0.318. The van der Waals surface area contributed by atoms with E-state index in [2.05, 4.69) is 56.1 Å². The average Bonchev–Trinajstić information content (AvgIpc) is 2.66. The fourth-order valence-electron chi connectivity index (χ4n) is 2.74. The van der Waals surface area contributed by atoms with Crippen LogP contribution in [0.4, 0.5) is 0 Å². The summed E-state index contributed by atoms with van der Waals surface area (Å²) < 4.78 is 5.84. The Labute approximate surface area is 157 Å². The first-order valence-electron chi connectivity index (χ1n) is 8.60. The summed E-state index contributed by atoms with van der Waals surface area (Å²) in [5.74, 6) is 0.849. The lowest BCUT2D eigenvalue weighted by molar-refractivity contribution is 0.614. The summed E-state index contributed by atoms with van der Waals surface area (Å²) >= 11 is 1.47. The molecule has 0 N–H and O–H groups in total. The van der Waals surface area contributed by atoms with Crippen molar-refractivity contribution < 1.29 is 4.18 Å². The van der Waals surface area contributed by atoms with E-state index in [0.717, 1.165) is 38.8 Å². The maximum absolute atomic E-state index is 5.78. The molecule has 2 aromatic carbocycles. The van der Waals surface area contributed by atoms with E-state index in [-0.39, 0.29) is 4.75 Å². The molecule has 0 amide bonds. The zero-order valence-corrected chi connectivity index (χ0v) is 15.9. The highest BCUT2D eigenvalue weighted by molar-refractivity contribution is 7.96. The van der Waals surface area contributed by atoms with Crippen LogP contribution in [0.2, 0.25) is 0 Å². The molecule has 2 heterocycles. The van der Waals surface area contributed by atoms with Crippen LogP contribution in [-0.2, 0) is 0 Å². The van der Waals surface area contributed by atoms with Crippen LogP contribution in [0.1, 0.15) is 20.8 Å². The van der Waals surface area contributed by atoms with Crippen LogP contribution in [0, 0.1) is 0 Å². The van der Waals surface area contributed by atoms with Gasteiger partial charge in [-0.15, -0.1) is 0 Å². The Morgan fingerprint density at radius 2 is 1.50 bits per heavy atom. The molecule has 4 rings (SSSR count). The van der Waals surface area contributed by atoms with Crippen molar-refractivity contribution in [1.29, 1.82) is 0 Å². The van der Waals surface area contributed by atoms with Crippen molar-refractivity contribution >= 4 is 33.8 Å². The van der Waals surface area contributed by atoms with Gasteiger partial charge in [0.2, 0.25) is 0 Å². The Morgan fingerprint density at radius 1 is 0.808 bits per heavy atom. The van der Waals surface area contributed by atoms with Gasteiger partial charge >= 0.3 is 0 Å². The Hall–Kier alpha value is -2.59. The lowest BCUT2D eigenvalue weighted by atomic mass is 10.1. The molecule has 0 atom stereocenters. The van der Waals surface area contributed by atoms with E-state index in [1.54, 1.807) is 0 Å². The third kappa shape index (κ3) is 3.51. The van der Waals surface area contributed by atoms with Gasteiger partial charge in [-0.1, -0.05) is 24.3 Å². The summed E-state index contributed by atoms with van der Waals surface area (Å²) in [5.41, 5.74) is 3.87. The molecular formula is C22H20N2OS. The van der Waals surface area contributed by atoms with Gasteiger partial charge in [-0.2, -0.15) is 0 Å². The first-order chi connectivity index (χ1) is 12.5. The Bertz CT molecular complexity index is 1070. The molecule has 0 saturated carbocycles.